The van der Waals surface area contributed by atoms with Crippen molar-refractivity contribution in [2.24, 2.45) is 0 Å². The summed E-state index contributed by atoms with van der Waals surface area (Å²) in [6.07, 6.45) is 9.12. The molecule has 1 N–H and O–H groups in total. The Morgan fingerprint density at radius 1 is 1.36 bits per heavy atom. The molecule has 1 saturated heterocycles. The van der Waals surface area contributed by atoms with Crippen LogP contribution >= 0.6 is 11.8 Å². The van der Waals surface area contributed by atoms with Gasteiger partial charge in [0.2, 0.25) is 0 Å². The van der Waals surface area contributed by atoms with Crippen molar-refractivity contribution >= 4 is 22.8 Å². The lowest BCUT2D eigenvalue weighted by Crippen LogP contribution is -2.14. The van der Waals surface area contributed by atoms with Gasteiger partial charge in [0.25, 0.3) is 0 Å². The largest absolute Gasteiger partial charge is 0.394 e. The molecule has 120 valence electrons. The highest BCUT2D eigenvalue weighted by Crippen LogP contribution is 2.33. The van der Waals surface area contributed by atoms with Gasteiger partial charge in [-0.05, 0) is 31.1 Å². The number of unbranched alkanes of at least 4 members (excludes halogenated alkanes) is 2. The van der Waals surface area contributed by atoms with E-state index in [1.165, 1.54) is 19.3 Å². The fourth-order valence-electron chi connectivity index (χ4n) is 2.84. The van der Waals surface area contributed by atoms with E-state index >= 15 is 0 Å². The summed E-state index contributed by atoms with van der Waals surface area (Å²) in [7, 11) is 0. The van der Waals surface area contributed by atoms with Crippen molar-refractivity contribution in [2.75, 3.05) is 12.4 Å². The SMILES string of the molecule is CCCCCSc1ncnc2c1ccn2C1CCC(CO)O1. The van der Waals surface area contributed by atoms with Gasteiger partial charge in [-0.15, -0.1) is 11.8 Å². The molecule has 2 unspecified atom stereocenters. The zero-order valence-corrected chi connectivity index (χ0v) is 13.8. The number of fused-ring (bicyclic) bond motifs is 1. The summed E-state index contributed by atoms with van der Waals surface area (Å²) in [5, 5.41) is 11.4. The van der Waals surface area contributed by atoms with Gasteiger partial charge in [0, 0.05) is 6.20 Å². The summed E-state index contributed by atoms with van der Waals surface area (Å²) in [4.78, 5) is 8.87. The number of hydrogen-bond acceptors (Lipinski definition) is 5. The lowest BCUT2D eigenvalue weighted by molar-refractivity contribution is -0.0204. The average molecular weight is 321 g/mol. The van der Waals surface area contributed by atoms with E-state index in [9.17, 15) is 5.11 Å². The van der Waals surface area contributed by atoms with Gasteiger partial charge in [0.05, 0.1) is 18.1 Å². The third-order valence-corrected chi connectivity index (χ3v) is 5.15. The Kier molecular flexibility index (Phi) is 5.33. The smallest absolute Gasteiger partial charge is 0.146 e. The van der Waals surface area contributed by atoms with Crippen LogP contribution < -0.4 is 0 Å². The van der Waals surface area contributed by atoms with Gasteiger partial charge in [-0.2, -0.15) is 0 Å². The first kappa shape index (κ1) is 15.8. The minimum absolute atomic E-state index is 0.0255. The van der Waals surface area contributed by atoms with Gasteiger partial charge in [-0.25, -0.2) is 9.97 Å². The van der Waals surface area contributed by atoms with Crippen molar-refractivity contribution in [3.63, 3.8) is 0 Å². The molecule has 2 atom stereocenters. The van der Waals surface area contributed by atoms with E-state index in [4.69, 9.17) is 4.74 Å². The molecule has 0 bridgehead atoms. The van der Waals surface area contributed by atoms with E-state index < -0.39 is 0 Å². The summed E-state index contributed by atoms with van der Waals surface area (Å²) in [6.45, 7) is 2.30. The molecule has 1 fully saturated rings. The van der Waals surface area contributed by atoms with Crippen molar-refractivity contribution in [3.05, 3.63) is 18.6 Å². The van der Waals surface area contributed by atoms with Crippen LogP contribution in [0.25, 0.3) is 11.0 Å². The maximum Gasteiger partial charge on any atom is 0.146 e. The van der Waals surface area contributed by atoms with E-state index in [1.807, 2.05) is 6.20 Å². The summed E-state index contributed by atoms with van der Waals surface area (Å²) >= 11 is 1.81. The minimum Gasteiger partial charge on any atom is -0.394 e. The van der Waals surface area contributed by atoms with E-state index in [0.29, 0.717) is 0 Å². The molecule has 1 aliphatic heterocycles. The second-order valence-corrected chi connectivity index (χ2v) is 6.75. The number of hydrogen-bond donors (Lipinski definition) is 1. The number of aliphatic hydroxyl groups is 1. The molecule has 6 heteroatoms. The van der Waals surface area contributed by atoms with Gasteiger partial charge in [-0.1, -0.05) is 19.8 Å². The van der Waals surface area contributed by atoms with Crippen molar-refractivity contribution in [1.82, 2.24) is 14.5 Å². The fourth-order valence-corrected chi connectivity index (χ4v) is 3.82. The first-order valence-electron chi connectivity index (χ1n) is 8.04. The number of ether oxygens (including phenoxy) is 1. The molecular formula is C16H23N3O2S. The molecule has 2 aromatic rings. The Hall–Kier alpha value is -1.11. The van der Waals surface area contributed by atoms with Crippen molar-refractivity contribution in [1.29, 1.82) is 0 Å². The fraction of sp³-hybridized carbons (Fsp3) is 0.625. The number of rotatable bonds is 7. The zero-order valence-electron chi connectivity index (χ0n) is 12.9. The van der Waals surface area contributed by atoms with Crippen LogP contribution in [0.3, 0.4) is 0 Å². The standard InChI is InChI=1S/C16H23N3O2S/c1-2-3-4-9-22-16-13-7-8-19(15(13)17-11-18-16)14-6-5-12(10-20)21-14/h7-8,11-12,14,20H,2-6,9-10H2,1H3. The number of nitrogens with zero attached hydrogens (tertiary/aromatic N) is 3. The predicted molar refractivity (Wildman–Crippen MR) is 88.0 cm³/mol. The van der Waals surface area contributed by atoms with Crippen LogP contribution in [-0.2, 0) is 4.74 Å². The highest BCUT2D eigenvalue weighted by molar-refractivity contribution is 7.99. The Morgan fingerprint density at radius 3 is 3.05 bits per heavy atom. The van der Waals surface area contributed by atoms with Crippen LogP contribution in [0.4, 0.5) is 0 Å². The molecule has 0 aliphatic carbocycles. The lowest BCUT2D eigenvalue weighted by atomic mass is 10.2. The molecule has 0 radical (unpaired) electrons. The predicted octanol–water partition coefficient (Wildman–Crippen LogP) is 3.38. The van der Waals surface area contributed by atoms with E-state index in [2.05, 4.69) is 27.5 Å². The Bertz CT molecular complexity index is 616. The Labute approximate surface area is 135 Å². The summed E-state index contributed by atoms with van der Waals surface area (Å²) in [5.74, 6) is 1.09. The maximum atomic E-state index is 9.22. The van der Waals surface area contributed by atoms with E-state index in [-0.39, 0.29) is 18.9 Å². The molecule has 22 heavy (non-hydrogen) atoms. The van der Waals surface area contributed by atoms with Crippen LogP contribution in [0, 0.1) is 0 Å². The van der Waals surface area contributed by atoms with E-state index in [1.54, 1.807) is 18.1 Å². The van der Waals surface area contributed by atoms with Gasteiger partial charge >= 0.3 is 0 Å². The molecule has 0 spiro atoms. The van der Waals surface area contributed by atoms with Crippen LogP contribution in [0.5, 0.6) is 0 Å². The second-order valence-electron chi connectivity index (χ2n) is 5.67. The Morgan fingerprint density at radius 2 is 2.27 bits per heavy atom. The number of aromatic nitrogens is 3. The summed E-state index contributed by atoms with van der Waals surface area (Å²) in [5.41, 5.74) is 0.927. The normalized spacial score (nSPS) is 21.7. The van der Waals surface area contributed by atoms with Gasteiger partial charge in [0.15, 0.2) is 0 Å². The molecule has 3 heterocycles. The van der Waals surface area contributed by atoms with Crippen molar-refractivity contribution < 1.29 is 9.84 Å². The molecule has 0 aromatic carbocycles. The Balaban J connectivity index is 1.77. The van der Waals surface area contributed by atoms with Gasteiger partial charge in [-0.3, -0.25) is 0 Å². The zero-order chi connectivity index (χ0) is 15.4. The summed E-state index contributed by atoms with van der Waals surface area (Å²) in [6, 6.07) is 2.08. The molecule has 2 aromatic heterocycles. The summed E-state index contributed by atoms with van der Waals surface area (Å²) < 4.78 is 7.93. The maximum absolute atomic E-state index is 9.22. The lowest BCUT2D eigenvalue weighted by Gasteiger charge is -2.14. The molecule has 1 aliphatic rings. The monoisotopic (exact) mass is 321 g/mol. The van der Waals surface area contributed by atoms with Crippen LogP contribution in [0.2, 0.25) is 0 Å². The van der Waals surface area contributed by atoms with E-state index in [0.717, 1.165) is 34.7 Å². The topological polar surface area (TPSA) is 60.2 Å². The molecular weight excluding hydrogens is 298 g/mol. The quantitative estimate of drug-likeness (QED) is 0.481. The van der Waals surface area contributed by atoms with Crippen LogP contribution in [0.1, 0.15) is 45.3 Å². The first-order valence-corrected chi connectivity index (χ1v) is 9.02. The molecule has 3 rings (SSSR count). The highest BCUT2D eigenvalue weighted by atomic mass is 32.2. The third-order valence-electron chi connectivity index (χ3n) is 4.06. The van der Waals surface area contributed by atoms with Crippen molar-refractivity contribution in [3.8, 4) is 0 Å². The molecule has 0 saturated carbocycles. The average Bonchev–Trinajstić information content (AvgIpc) is 3.17. The van der Waals surface area contributed by atoms with Gasteiger partial charge in [0.1, 0.15) is 23.2 Å². The second kappa shape index (κ2) is 7.44. The number of thioether (sulfide) groups is 1. The highest BCUT2D eigenvalue weighted by Gasteiger charge is 2.27. The van der Waals surface area contributed by atoms with Crippen molar-refractivity contribution in [2.45, 2.75) is 56.4 Å². The third kappa shape index (κ3) is 3.29. The van der Waals surface area contributed by atoms with Crippen LogP contribution in [-0.4, -0.2) is 38.1 Å². The first-order chi connectivity index (χ1) is 10.8. The molecule has 0 amide bonds. The number of aliphatic hydroxyl groups excluding tert-OH is 1. The molecule has 5 nitrogen and oxygen atoms in total. The van der Waals surface area contributed by atoms with Crippen LogP contribution in [0.15, 0.2) is 23.6 Å². The minimum atomic E-state index is -0.0489. The van der Waals surface area contributed by atoms with Gasteiger partial charge < -0.3 is 14.4 Å².